The van der Waals surface area contributed by atoms with Crippen LogP contribution in [0.3, 0.4) is 0 Å². The van der Waals surface area contributed by atoms with Crippen molar-refractivity contribution in [2.75, 3.05) is 33.4 Å². The number of hydrogen-bond donors (Lipinski definition) is 2. The van der Waals surface area contributed by atoms with Crippen LogP contribution in [-0.2, 0) is 22.6 Å². The molecule has 1 amide bonds. The molecule has 1 aromatic rings. The maximum absolute atomic E-state index is 11.8. The van der Waals surface area contributed by atoms with Crippen molar-refractivity contribution < 1.29 is 9.53 Å². The SMILES string of the molecule is CCNC(=NCc1ccc(CN2CCCC2=O)cc1)NCC1(CCOC)CCC1. The lowest BCUT2D eigenvalue weighted by atomic mass is 9.67. The van der Waals surface area contributed by atoms with Crippen LogP contribution in [0.25, 0.3) is 0 Å². The second-order valence-corrected chi connectivity index (χ2v) is 8.38. The summed E-state index contributed by atoms with van der Waals surface area (Å²) in [5, 5.41) is 6.90. The second-order valence-electron chi connectivity index (χ2n) is 8.38. The Balaban J connectivity index is 1.52. The topological polar surface area (TPSA) is 66.0 Å². The molecule has 1 saturated heterocycles. The molecule has 0 unspecified atom stereocenters. The van der Waals surface area contributed by atoms with Gasteiger partial charge >= 0.3 is 0 Å². The zero-order chi connectivity index (χ0) is 20.5. The van der Waals surface area contributed by atoms with E-state index in [0.29, 0.717) is 18.4 Å². The van der Waals surface area contributed by atoms with E-state index >= 15 is 0 Å². The van der Waals surface area contributed by atoms with Crippen molar-refractivity contribution in [1.29, 1.82) is 0 Å². The summed E-state index contributed by atoms with van der Waals surface area (Å²) in [6.07, 6.45) is 6.64. The fraction of sp³-hybridized carbons (Fsp3) is 0.652. The smallest absolute Gasteiger partial charge is 0.222 e. The molecule has 6 nitrogen and oxygen atoms in total. The molecule has 1 aliphatic carbocycles. The van der Waals surface area contributed by atoms with Gasteiger partial charge in [-0.3, -0.25) is 4.79 Å². The van der Waals surface area contributed by atoms with Crippen LogP contribution in [0, 0.1) is 5.41 Å². The van der Waals surface area contributed by atoms with Gasteiger partial charge in [0.1, 0.15) is 0 Å². The average Bonchev–Trinajstić information content (AvgIpc) is 3.10. The normalized spacial score (nSPS) is 18.6. The molecule has 160 valence electrons. The number of amides is 1. The van der Waals surface area contributed by atoms with Crippen LogP contribution >= 0.6 is 0 Å². The minimum absolute atomic E-state index is 0.273. The number of nitrogens with one attached hydrogen (secondary N) is 2. The Morgan fingerprint density at radius 1 is 1.17 bits per heavy atom. The number of aliphatic imine (C=N–C) groups is 1. The molecule has 0 bridgehead atoms. The quantitative estimate of drug-likeness (QED) is 0.468. The van der Waals surface area contributed by atoms with Crippen molar-refractivity contribution in [1.82, 2.24) is 15.5 Å². The maximum atomic E-state index is 11.8. The first-order valence-electron chi connectivity index (χ1n) is 11.0. The summed E-state index contributed by atoms with van der Waals surface area (Å²) in [7, 11) is 1.78. The number of likely N-dealkylation sites (tertiary alicyclic amines) is 1. The van der Waals surface area contributed by atoms with Crippen LogP contribution in [0.15, 0.2) is 29.3 Å². The Bertz CT molecular complexity index is 683. The Morgan fingerprint density at radius 2 is 1.93 bits per heavy atom. The first-order valence-corrected chi connectivity index (χ1v) is 11.0. The second kappa shape index (κ2) is 10.6. The van der Waals surface area contributed by atoms with E-state index in [0.717, 1.165) is 51.6 Å². The molecule has 0 spiro atoms. The van der Waals surface area contributed by atoms with Crippen molar-refractivity contribution >= 4 is 11.9 Å². The summed E-state index contributed by atoms with van der Waals surface area (Å²) in [4.78, 5) is 18.5. The lowest BCUT2D eigenvalue weighted by molar-refractivity contribution is -0.128. The standard InChI is InChI=1S/C23H36N4O2/c1-3-24-22(26-18-23(11-5-12-23)13-15-29-2)25-16-19-7-9-20(10-8-19)17-27-14-4-6-21(27)28/h7-10H,3-6,11-18H2,1-2H3,(H2,24,25,26). The summed E-state index contributed by atoms with van der Waals surface area (Å²) in [6, 6.07) is 8.47. The predicted octanol–water partition coefficient (Wildman–Crippen LogP) is 3.07. The molecular formula is C23H36N4O2. The number of carbonyl (C=O) groups excluding carboxylic acids is 1. The van der Waals surface area contributed by atoms with Gasteiger partial charge in [0.15, 0.2) is 5.96 Å². The molecule has 2 fully saturated rings. The molecule has 29 heavy (non-hydrogen) atoms. The third-order valence-corrected chi connectivity index (χ3v) is 6.21. The average molecular weight is 401 g/mol. The van der Waals surface area contributed by atoms with Crippen LogP contribution in [0.2, 0.25) is 0 Å². The van der Waals surface area contributed by atoms with Gasteiger partial charge < -0.3 is 20.3 Å². The summed E-state index contributed by atoms with van der Waals surface area (Å²) >= 11 is 0. The number of methoxy groups -OCH3 is 1. The number of benzene rings is 1. The third-order valence-electron chi connectivity index (χ3n) is 6.21. The monoisotopic (exact) mass is 400 g/mol. The van der Waals surface area contributed by atoms with Gasteiger partial charge in [-0.2, -0.15) is 0 Å². The summed E-state index contributed by atoms with van der Waals surface area (Å²) < 4.78 is 5.29. The Kier molecular flexibility index (Phi) is 7.92. The van der Waals surface area contributed by atoms with Gasteiger partial charge in [-0.25, -0.2) is 4.99 Å². The molecule has 1 heterocycles. The summed E-state index contributed by atoms with van der Waals surface area (Å²) in [5.41, 5.74) is 2.72. The van der Waals surface area contributed by atoms with Gasteiger partial charge in [-0.1, -0.05) is 30.7 Å². The van der Waals surface area contributed by atoms with E-state index in [9.17, 15) is 4.79 Å². The molecule has 1 saturated carbocycles. The molecule has 1 aromatic carbocycles. The first kappa shape index (κ1) is 21.6. The van der Waals surface area contributed by atoms with Gasteiger partial charge in [-0.15, -0.1) is 0 Å². The molecule has 2 N–H and O–H groups in total. The Hall–Kier alpha value is -2.08. The molecule has 6 heteroatoms. The van der Waals surface area contributed by atoms with Gasteiger partial charge in [0.05, 0.1) is 6.54 Å². The molecule has 2 aliphatic rings. The summed E-state index contributed by atoms with van der Waals surface area (Å²) in [5.74, 6) is 1.15. The van der Waals surface area contributed by atoms with Crippen LogP contribution in [-0.4, -0.2) is 50.1 Å². The van der Waals surface area contributed by atoms with Gasteiger partial charge in [-0.05, 0) is 49.1 Å². The van der Waals surface area contributed by atoms with Crippen molar-refractivity contribution in [2.24, 2.45) is 10.4 Å². The number of carbonyl (C=O) groups is 1. The highest BCUT2D eigenvalue weighted by atomic mass is 16.5. The molecule has 0 aromatic heterocycles. The molecule has 1 aliphatic heterocycles. The van der Waals surface area contributed by atoms with Crippen LogP contribution in [0.4, 0.5) is 0 Å². The Morgan fingerprint density at radius 3 is 2.52 bits per heavy atom. The molecule has 0 radical (unpaired) electrons. The van der Waals surface area contributed by atoms with Gasteiger partial charge in [0.2, 0.25) is 5.91 Å². The van der Waals surface area contributed by atoms with E-state index in [2.05, 4.69) is 41.8 Å². The molecule has 0 atom stereocenters. The third kappa shape index (κ3) is 6.20. The minimum atomic E-state index is 0.273. The lowest BCUT2D eigenvalue weighted by Gasteiger charge is -2.42. The van der Waals surface area contributed by atoms with Crippen LogP contribution in [0.1, 0.15) is 56.6 Å². The van der Waals surface area contributed by atoms with E-state index in [1.807, 2.05) is 4.90 Å². The number of hydrogen-bond acceptors (Lipinski definition) is 3. The fourth-order valence-corrected chi connectivity index (χ4v) is 4.14. The van der Waals surface area contributed by atoms with Crippen LogP contribution < -0.4 is 10.6 Å². The minimum Gasteiger partial charge on any atom is -0.385 e. The highest BCUT2D eigenvalue weighted by Crippen LogP contribution is 2.43. The van der Waals surface area contributed by atoms with E-state index in [1.54, 1.807) is 7.11 Å². The first-order chi connectivity index (χ1) is 14.1. The molecule has 3 rings (SSSR count). The fourth-order valence-electron chi connectivity index (χ4n) is 4.14. The van der Waals surface area contributed by atoms with Crippen LogP contribution in [0.5, 0.6) is 0 Å². The van der Waals surface area contributed by atoms with Gasteiger partial charge in [0, 0.05) is 46.3 Å². The largest absolute Gasteiger partial charge is 0.385 e. The number of rotatable bonds is 10. The zero-order valence-electron chi connectivity index (χ0n) is 18.0. The van der Waals surface area contributed by atoms with Gasteiger partial charge in [0.25, 0.3) is 0 Å². The van der Waals surface area contributed by atoms with Crippen molar-refractivity contribution in [2.45, 2.75) is 58.5 Å². The van der Waals surface area contributed by atoms with E-state index < -0.39 is 0 Å². The van der Waals surface area contributed by atoms with E-state index in [-0.39, 0.29) is 5.91 Å². The Labute approximate surface area is 175 Å². The van der Waals surface area contributed by atoms with Crippen molar-refractivity contribution in [3.05, 3.63) is 35.4 Å². The van der Waals surface area contributed by atoms with Crippen molar-refractivity contribution in [3.8, 4) is 0 Å². The number of nitrogens with zero attached hydrogens (tertiary/aromatic N) is 2. The maximum Gasteiger partial charge on any atom is 0.222 e. The molecular weight excluding hydrogens is 364 g/mol. The lowest BCUT2D eigenvalue weighted by Crippen LogP contribution is -2.46. The highest BCUT2D eigenvalue weighted by molar-refractivity contribution is 5.79. The number of guanidine groups is 1. The zero-order valence-corrected chi connectivity index (χ0v) is 18.0. The van der Waals surface area contributed by atoms with E-state index in [1.165, 1.54) is 30.4 Å². The highest BCUT2D eigenvalue weighted by Gasteiger charge is 2.36. The predicted molar refractivity (Wildman–Crippen MR) is 117 cm³/mol. The number of ether oxygens (including phenoxy) is 1. The van der Waals surface area contributed by atoms with Crippen molar-refractivity contribution in [3.63, 3.8) is 0 Å². The van der Waals surface area contributed by atoms with E-state index in [4.69, 9.17) is 9.73 Å². The summed E-state index contributed by atoms with van der Waals surface area (Å²) in [6.45, 7) is 6.96.